The quantitative estimate of drug-likeness (QED) is 0.817. The van der Waals surface area contributed by atoms with Gasteiger partial charge in [-0.1, -0.05) is 29.8 Å². The topological polar surface area (TPSA) is 40.5 Å². The molecule has 0 saturated heterocycles. The lowest BCUT2D eigenvalue weighted by atomic mass is 10.1. The van der Waals surface area contributed by atoms with Gasteiger partial charge in [0.2, 0.25) is 0 Å². The van der Waals surface area contributed by atoms with Gasteiger partial charge < -0.3 is 0 Å². The van der Waals surface area contributed by atoms with Crippen molar-refractivity contribution in [1.82, 2.24) is 0 Å². The summed E-state index contributed by atoms with van der Waals surface area (Å²) < 4.78 is 0. The number of nitrogens with zero attached hydrogens (tertiary/aromatic N) is 1. The number of carbonyl (C=O) groups excluding carboxylic acids is 1. The molecule has 17 heavy (non-hydrogen) atoms. The van der Waals surface area contributed by atoms with Crippen molar-refractivity contribution in [1.29, 1.82) is 0 Å². The Morgan fingerprint density at radius 3 is 2.53 bits per heavy atom. The number of hydroxylamine groups is 1. The van der Waals surface area contributed by atoms with Crippen molar-refractivity contribution in [3.8, 4) is 0 Å². The lowest BCUT2D eigenvalue weighted by molar-refractivity contribution is -0.110. The summed E-state index contributed by atoms with van der Waals surface area (Å²) in [5.41, 5.74) is 1.20. The zero-order valence-corrected chi connectivity index (χ0v) is 9.63. The minimum absolute atomic E-state index is 0.156. The summed E-state index contributed by atoms with van der Waals surface area (Å²) >= 11 is 5.89. The molecule has 0 amide bonds. The van der Waals surface area contributed by atoms with Crippen LogP contribution >= 0.6 is 11.6 Å². The van der Waals surface area contributed by atoms with Crippen LogP contribution in [0.3, 0.4) is 0 Å². The third-order valence-corrected chi connectivity index (χ3v) is 2.58. The van der Waals surface area contributed by atoms with E-state index in [0.717, 1.165) is 5.06 Å². The van der Waals surface area contributed by atoms with Gasteiger partial charge in [-0.2, -0.15) is 0 Å². The average molecular weight is 248 g/mol. The summed E-state index contributed by atoms with van der Waals surface area (Å²) in [6, 6.07) is 9.00. The van der Waals surface area contributed by atoms with Crippen LogP contribution in [0.2, 0.25) is 0 Å². The van der Waals surface area contributed by atoms with E-state index in [1.807, 2.05) is 18.2 Å². The van der Waals surface area contributed by atoms with E-state index in [9.17, 15) is 10.0 Å². The van der Waals surface area contributed by atoms with Gasteiger partial charge in [-0.3, -0.25) is 10.0 Å². The number of hydrogen-bond acceptors (Lipinski definition) is 3. The van der Waals surface area contributed by atoms with Crippen LogP contribution in [-0.2, 0) is 4.79 Å². The van der Waals surface area contributed by atoms with Crippen LogP contribution in [0.5, 0.6) is 0 Å². The molecular weight excluding hydrogens is 238 g/mol. The average Bonchev–Trinajstić information content (AvgIpc) is 2.34. The van der Waals surface area contributed by atoms with Gasteiger partial charge in [0.1, 0.15) is 0 Å². The van der Waals surface area contributed by atoms with Crippen molar-refractivity contribution in [3.05, 3.63) is 65.4 Å². The zero-order valence-electron chi connectivity index (χ0n) is 8.88. The van der Waals surface area contributed by atoms with Crippen molar-refractivity contribution >= 4 is 23.1 Å². The molecule has 1 aliphatic carbocycles. The highest BCUT2D eigenvalue weighted by Crippen LogP contribution is 2.22. The van der Waals surface area contributed by atoms with Crippen molar-refractivity contribution < 1.29 is 10.0 Å². The fraction of sp³-hybridized carbons (Fsp3) is 0. The molecule has 0 atom stereocenters. The standard InChI is InChI=1S/C13H10ClNO2/c14-13-8-12(16)7-6-10(13)9-15(17)11-4-2-1-3-5-11/h1-9,17H/b10-9+. The maximum Gasteiger partial charge on any atom is 0.180 e. The minimum atomic E-state index is -0.156. The predicted octanol–water partition coefficient (Wildman–Crippen LogP) is 3.03. The fourth-order valence-electron chi connectivity index (χ4n) is 1.40. The Kier molecular flexibility index (Phi) is 3.42. The first kappa shape index (κ1) is 11.6. The van der Waals surface area contributed by atoms with Gasteiger partial charge >= 0.3 is 0 Å². The third kappa shape index (κ3) is 2.84. The molecule has 0 aromatic heterocycles. The van der Waals surface area contributed by atoms with E-state index in [2.05, 4.69) is 0 Å². The highest BCUT2D eigenvalue weighted by atomic mass is 35.5. The minimum Gasteiger partial charge on any atom is -0.290 e. The first-order valence-corrected chi connectivity index (χ1v) is 5.39. The van der Waals surface area contributed by atoms with Gasteiger partial charge in [-0.25, -0.2) is 5.06 Å². The number of rotatable bonds is 2. The Balaban J connectivity index is 2.23. The Morgan fingerprint density at radius 2 is 1.88 bits per heavy atom. The van der Waals surface area contributed by atoms with Gasteiger partial charge in [0.25, 0.3) is 0 Å². The largest absolute Gasteiger partial charge is 0.290 e. The second-order valence-electron chi connectivity index (χ2n) is 3.49. The number of hydrogen-bond donors (Lipinski definition) is 1. The molecule has 86 valence electrons. The van der Waals surface area contributed by atoms with Gasteiger partial charge in [0.05, 0.1) is 10.7 Å². The molecule has 0 unspecified atom stereocenters. The van der Waals surface area contributed by atoms with Gasteiger partial charge in [-0.15, -0.1) is 0 Å². The smallest absolute Gasteiger partial charge is 0.180 e. The van der Waals surface area contributed by atoms with Gasteiger partial charge in [0.15, 0.2) is 5.78 Å². The van der Waals surface area contributed by atoms with Gasteiger partial charge in [0, 0.05) is 17.8 Å². The van der Waals surface area contributed by atoms with E-state index in [1.54, 1.807) is 18.2 Å². The molecule has 0 aliphatic heterocycles. The number of halogens is 1. The maximum atomic E-state index is 11.0. The summed E-state index contributed by atoms with van der Waals surface area (Å²) in [6.45, 7) is 0. The number of para-hydroxylation sites is 1. The lowest BCUT2D eigenvalue weighted by Crippen LogP contribution is -2.11. The molecule has 0 bridgehead atoms. The SMILES string of the molecule is O=C1C=C/C(=C\N(O)c2ccccc2)C(Cl)=C1. The first-order valence-electron chi connectivity index (χ1n) is 5.01. The first-order chi connectivity index (χ1) is 8.16. The molecule has 1 aromatic rings. The summed E-state index contributed by atoms with van der Waals surface area (Å²) in [7, 11) is 0. The lowest BCUT2D eigenvalue weighted by Gasteiger charge is -2.14. The normalized spacial score (nSPS) is 17.2. The van der Waals surface area contributed by atoms with E-state index in [1.165, 1.54) is 18.4 Å². The molecule has 0 spiro atoms. The summed E-state index contributed by atoms with van der Waals surface area (Å²) in [5.74, 6) is -0.156. The molecule has 4 heteroatoms. The number of allylic oxidation sites excluding steroid dienone is 5. The van der Waals surface area contributed by atoms with Crippen LogP contribution in [0.1, 0.15) is 0 Å². The molecule has 0 heterocycles. The Bertz CT molecular complexity index is 517. The monoisotopic (exact) mass is 247 g/mol. The van der Waals surface area contributed by atoms with E-state index in [4.69, 9.17) is 11.6 Å². The summed E-state index contributed by atoms with van der Waals surface area (Å²) in [4.78, 5) is 11.0. The van der Waals surface area contributed by atoms with Crippen LogP contribution < -0.4 is 5.06 Å². The van der Waals surface area contributed by atoms with Crippen LogP contribution in [0, 0.1) is 0 Å². The highest BCUT2D eigenvalue weighted by Gasteiger charge is 2.09. The zero-order chi connectivity index (χ0) is 12.3. The van der Waals surface area contributed by atoms with E-state index < -0.39 is 0 Å². The molecule has 1 aliphatic rings. The summed E-state index contributed by atoms with van der Waals surface area (Å²) in [6.07, 6.45) is 5.73. The van der Waals surface area contributed by atoms with Crippen LogP contribution in [0.4, 0.5) is 5.69 Å². The maximum absolute atomic E-state index is 11.0. The molecule has 0 fully saturated rings. The highest BCUT2D eigenvalue weighted by molar-refractivity contribution is 6.34. The molecule has 3 nitrogen and oxygen atoms in total. The Hall–Kier alpha value is -1.84. The molecule has 2 rings (SSSR count). The molecular formula is C13H10ClNO2. The third-order valence-electron chi connectivity index (χ3n) is 2.25. The van der Waals surface area contributed by atoms with Gasteiger partial charge in [-0.05, 0) is 24.3 Å². The number of carbonyl (C=O) groups is 1. The Labute approximate surface area is 104 Å². The predicted molar refractivity (Wildman–Crippen MR) is 66.9 cm³/mol. The fourth-order valence-corrected chi connectivity index (χ4v) is 1.62. The van der Waals surface area contributed by atoms with Crippen molar-refractivity contribution in [2.75, 3.05) is 5.06 Å². The number of anilines is 1. The van der Waals surface area contributed by atoms with Crippen LogP contribution in [0.25, 0.3) is 0 Å². The molecule has 1 N–H and O–H groups in total. The molecule has 1 aromatic carbocycles. The van der Waals surface area contributed by atoms with E-state index >= 15 is 0 Å². The van der Waals surface area contributed by atoms with Crippen LogP contribution in [-0.4, -0.2) is 11.0 Å². The second-order valence-corrected chi connectivity index (χ2v) is 3.90. The number of ketones is 1. The van der Waals surface area contributed by atoms with E-state index in [-0.39, 0.29) is 5.78 Å². The van der Waals surface area contributed by atoms with Crippen molar-refractivity contribution in [2.24, 2.45) is 0 Å². The van der Waals surface area contributed by atoms with Crippen LogP contribution in [0.15, 0.2) is 65.4 Å². The molecule has 0 saturated carbocycles. The Morgan fingerprint density at radius 1 is 1.18 bits per heavy atom. The van der Waals surface area contributed by atoms with Crippen molar-refractivity contribution in [2.45, 2.75) is 0 Å². The van der Waals surface area contributed by atoms with Crippen molar-refractivity contribution in [3.63, 3.8) is 0 Å². The second kappa shape index (κ2) is 4.99. The summed E-state index contributed by atoms with van der Waals surface area (Å²) in [5, 5.41) is 11.1. The number of benzene rings is 1. The molecule has 0 radical (unpaired) electrons. The van der Waals surface area contributed by atoms with E-state index in [0.29, 0.717) is 16.3 Å².